The van der Waals surface area contributed by atoms with E-state index < -0.39 is 53.7 Å². The number of nitrogens with zero attached hydrogens (tertiary/aromatic N) is 3. The number of carboxylic acid groups (broad SMARTS) is 1. The predicted octanol–water partition coefficient (Wildman–Crippen LogP) is 7.11. The Balaban J connectivity index is 1.41. The third kappa shape index (κ3) is 6.37. The number of ether oxygens (including phenoxy) is 2. The fourth-order valence-corrected chi connectivity index (χ4v) is 4.60. The lowest BCUT2D eigenvalue weighted by Gasteiger charge is -2.12. The molecule has 0 aliphatic heterocycles. The van der Waals surface area contributed by atoms with E-state index in [4.69, 9.17) is 9.47 Å². The van der Waals surface area contributed by atoms with Crippen LogP contribution in [0.3, 0.4) is 0 Å². The molecule has 0 unspecified atom stereocenters. The van der Waals surface area contributed by atoms with Crippen LogP contribution in [-0.2, 0) is 24.3 Å². The summed E-state index contributed by atoms with van der Waals surface area (Å²) in [5.74, 6) is -5.06. The molecule has 5 rings (SSSR count). The summed E-state index contributed by atoms with van der Waals surface area (Å²) in [4.78, 5) is 19.9. The summed E-state index contributed by atoms with van der Waals surface area (Å²) in [5.41, 5.74) is -0.215. The third-order valence-electron chi connectivity index (χ3n) is 6.86. The number of rotatable bonds is 11. The van der Waals surface area contributed by atoms with Crippen molar-refractivity contribution >= 4 is 17.0 Å². The summed E-state index contributed by atoms with van der Waals surface area (Å²) in [6.45, 7) is -0.0352. The molecule has 3 aromatic carbocycles. The molecule has 0 aliphatic rings. The first-order valence-electron chi connectivity index (χ1n) is 13.1. The molecule has 1 N–H and O–H groups in total. The summed E-state index contributed by atoms with van der Waals surface area (Å²) >= 11 is 0. The van der Waals surface area contributed by atoms with Crippen LogP contribution in [0.25, 0.3) is 22.3 Å². The fraction of sp³-hybridized carbons (Fsp3) is 0.194. The smallest absolute Gasteiger partial charge is 0.335 e. The maximum atomic E-state index is 15.4. The van der Waals surface area contributed by atoms with Crippen molar-refractivity contribution in [2.24, 2.45) is 0 Å². The van der Waals surface area contributed by atoms with Gasteiger partial charge in [0.25, 0.3) is 12.3 Å². The highest BCUT2D eigenvalue weighted by Gasteiger charge is 2.20. The zero-order valence-electron chi connectivity index (χ0n) is 23.0. The van der Waals surface area contributed by atoms with Gasteiger partial charge in [0.2, 0.25) is 0 Å². The summed E-state index contributed by atoms with van der Waals surface area (Å²) in [6.07, 6.45) is -3.02. The van der Waals surface area contributed by atoms with E-state index in [0.717, 1.165) is 36.4 Å². The van der Waals surface area contributed by atoms with Gasteiger partial charge in [-0.1, -0.05) is 12.1 Å². The number of hydrogen-bond donors (Lipinski definition) is 1. The van der Waals surface area contributed by atoms with Crippen molar-refractivity contribution in [1.82, 2.24) is 14.5 Å². The number of aromatic nitrogens is 3. The minimum absolute atomic E-state index is 0.0362. The number of methoxy groups -OCH3 is 1. The van der Waals surface area contributed by atoms with Crippen LogP contribution in [0.4, 0.5) is 26.3 Å². The van der Waals surface area contributed by atoms with Crippen molar-refractivity contribution in [3.8, 4) is 17.1 Å². The van der Waals surface area contributed by atoms with Crippen molar-refractivity contribution in [2.45, 2.75) is 26.0 Å². The lowest BCUT2D eigenvalue weighted by Crippen LogP contribution is -2.10. The maximum absolute atomic E-state index is 15.4. The Morgan fingerprint density at radius 2 is 1.66 bits per heavy atom. The monoisotopic (exact) mass is 615 g/mol. The number of benzene rings is 3. The number of aromatic carboxylic acids is 1. The minimum atomic E-state index is -2.87. The Labute approximate surface area is 246 Å². The van der Waals surface area contributed by atoms with Gasteiger partial charge < -0.3 is 19.1 Å². The SMILES string of the molecule is COCCn1c(Cc2cc(F)c(-c3ccc(F)c(OCc4ccc(C(F)F)cc4F)n3)cc2F)nc2ccc(C(=O)O)cc21. The Kier molecular flexibility index (Phi) is 8.86. The van der Waals surface area contributed by atoms with Crippen molar-refractivity contribution in [1.29, 1.82) is 0 Å². The summed E-state index contributed by atoms with van der Waals surface area (Å²) in [7, 11) is 1.49. The molecular weight excluding hydrogens is 592 g/mol. The molecule has 0 aliphatic carbocycles. The predicted molar refractivity (Wildman–Crippen MR) is 147 cm³/mol. The first kappa shape index (κ1) is 30.5. The van der Waals surface area contributed by atoms with Crippen LogP contribution in [-0.4, -0.2) is 39.3 Å². The number of halogens is 6. The van der Waals surface area contributed by atoms with Crippen LogP contribution >= 0.6 is 0 Å². The van der Waals surface area contributed by atoms with E-state index in [-0.39, 0.29) is 47.5 Å². The van der Waals surface area contributed by atoms with E-state index in [2.05, 4.69) is 9.97 Å². The quantitative estimate of drug-likeness (QED) is 0.160. The number of carbonyl (C=O) groups is 1. The Morgan fingerprint density at radius 3 is 2.36 bits per heavy atom. The largest absolute Gasteiger partial charge is 0.478 e. The van der Waals surface area contributed by atoms with Crippen molar-refractivity contribution in [3.05, 3.63) is 112 Å². The second kappa shape index (κ2) is 12.8. The van der Waals surface area contributed by atoms with E-state index >= 15 is 8.78 Å². The summed E-state index contributed by atoms with van der Waals surface area (Å²) in [5, 5.41) is 9.37. The Hall–Kier alpha value is -4.91. The maximum Gasteiger partial charge on any atom is 0.335 e. The average molecular weight is 616 g/mol. The third-order valence-corrected chi connectivity index (χ3v) is 6.86. The number of imidazole rings is 1. The van der Waals surface area contributed by atoms with Gasteiger partial charge in [-0.25, -0.2) is 41.1 Å². The normalized spacial score (nSPS) is 11.5. The average Bonchev–Trinajstić information content (AvgIpc) is 3.33. The lowest BCUT2D eigenvalue weighted by atomic mass is 10.0. The first-order chi connectivity index (χ1) is 21.0. The molecule has 44 heavy (non-hydrogen) atoms. The minimum Gasteiger partial charge on any atom is -0.478 e. The van der Waals surface area contributed by atoms with Gasteiger partial charge in [-0.05, 0) is 54.1 Å². The second-order valence-electron chi connectivity index (χ2n) is 9.71. The molecule has 2 aromatic heterocycles. The van der Waals surface area contributed by atoms with Gasteiger partial charge in [0.05, 0.1) is 28.9 Å². The molecule has 0 spiro atoms. The highest BCUT2D eigenvalue weighted by Crippen LogP contribution is 2.30. The zero-order valence-corrected chi connectivity index (χ0v) is 23.0. The van der Waals surface area contributed by atoms with E-state index in [1.54, 1.807) is 4.57 Å². The fourth-order valence-electron chi connectivity index (χ4n) is 4.60. The van der Waals surface area contributed by atoms with Crippen LogP contribution in [0.5, 0.6) is 5.88 Å². The van der Waals surface area contributed by atoms with Crippen molar-refractivity contribution < 1.29 is 45.7 Å². The Morgan fingerprint density at radius 1 is 0.886 bits per heavy atom. The first-order valence-corrected chi connectivity index (χ1v) is 13.1. The van der Waals surface area contributed by atoms with Gasteiger partial charge >= 0.3 is 5.97 Å². The van der Waals surface area contributed by atoms with Crippen LogP contribution < -0.4 is 4.74 Å². The number of alkyl halides is 2. The molecule has 0 radical (unpaired) electrons. The molecule has 0 saturated heterocycles. The highest BCUT2D eigenvalue weighted by molar-refractivity contribution is 5.92. The van der Waals surface area contributed by atoms with Gasteiger partial charge in [-0.15, -0.1) is 0 Å². The highest BCUT2D eigenvalue weighted by atomic mass is 19.3. The van der Waals surface area contributed by atoms with Crippen molar-refractivity contribution in [2.75, 3.05) is 13.7 Å². The van der Waals surface area contributed by atoms with Gasteiger partial charge in [0.15, 0.2) is 5.82 Å². The summed E-state index contributed by atoms with van der Waals surface area (Å²) in [6, 6.07) is 11.0. The van der Waals surface area contributed by atoms with Gasteiger partial charge in [0, 0.05) is 36.8 Å². The van der Waals surface area contributed by atoms with Crippen LogP contribution in [0.2, 0.25) is 0 Å². The molecule has 2 heterocycles. The van der Waals surface area contributed by atoms with Gasteiger partial charge in [-0.2, -0.15) is 0 Å². The standard InChI is InChI=1S/C31H23F6N3O4/c1-43-9-8-40-27-12-17(31(41)42)4-6-26(27)38-28(40)13-19-11-24(35)20(14-23(19)34)25-7-5-21(32)30(39-25)44-15-18-3-2-16(29(36)37)10-22(18)33/h2-7,10-12,14,29H,8-9,13,15H2,1H3,(H,41,42). The second-order valence-corrected chi connectivity index (χ2v) is 9.71. The molecule has 0 saturated carbocycles. The molecule has 5 aromatic rings. The van der Waals surface area contributed by atoms with E-state index in [9.17, 15) is 27.5 Å². The number of hydrogen-bond acceptors (Lipinski definition) is 5. The molecule has 228 valence electrons. The molecule has 0 atom stereocenters. The van der Waals surface area contributed by atoms with E-state index in [1.807, 2.05) is 0 Å². The van der Waals surface area contributed by atoms with Gasteiger partial charge in [0.1, 0.15) is 29.9 Å². The molecule has 0 bridgehead atoms. The van der Waals surface area contributed by atoms with E-state index in [0.29, 0.717) is 22.9 Å². The summed E-state index contributed by atoms with van der Waals surface area (Å²) < 4.78 is 97.0. The number of pyridine rings is 1. The van der Waals surface area contributed by atoms with Crippen LogP contribution in [0.1, 0.15) is 39.3 Å². The van der Waals surface area contributed by atoms with Crippen LogP contribution in [0, 0.1) is 23.3 Å². The molecule has 0 fully saturated rings. The van der Waals surface area contributed by atoms with Crippen LogP contribution in [0.15, 0.2) is 60.7 Å². The topological polar surface area (TPSA) is 86.5 Å². The molecule has 7 nitrogen and oxygen atoms in total. The lowest BCUT2D eigenvalue weighted by molar-refractivity contribution is 0.0697. The molecular formula is C31H23F6N3O4. The van der Waals surface area contributed by atoms with E-state index in [1.165, 1.54) is 25.3 Å². The molecule has 0 amide bonds. The van der Waals surface area contributed by atoms with Gasteiger partial charge in [-0.3, -0.25) is 0 Å². The zero-order chi connectivity index (χ0) is 31.5. The number of fused-ring (bicyclic) bond motifs is 1. The number of carboxylic acids is 1. The Bertz CT molecular complexity index is 1860. The van der Waals surface area contributed by atoms with Crippen molar-refractivity contribution in [3.63, 3.8) is 0 Å². The molecule has 13 heteroatoms.